The van der Waals surface area contributed by atoms with Crippen molar-refractivity contribution in [2.24, 2.45) is 10.8 Å². The van der Waals surface area contributed by atoms with E-state index in [9.17, 15) is 9.18 Å². The predicted molar refractivity (Wildman–Crippen MR) is 154 cm³/mol. The van der Waals surface area contributed by atoms with Crippen LogP contribution < -0.4 is 9.64 Å². The van der Waals surface area contributed by atoms with Crippen LogP contribution >= 0.6 is 0 Å². The van der Waals surface area contributed by atoms with E-state index in [1.807, 2.05) is 36.1 Å². The smallest absolute Gasteiger partial charge is 0.232 e. The van der Waals surface area contributed by atoms with Gasteiger partial charge < -0.3 is 14.2 Å². The quantitative estimate of drug-likeness (QED) is 0.267. The minimum Gasteiger partial charge on any atom is -0.491 e. The van der Waals surface area contributed by atoms with Crippen molar-refractivity contribution in [3.63, 3.8) is 0 Å². The molecular formula is C33H38FN5O3. The summed E-state index contributed by atoms with van der Waals surface area (Å²) in [6, 6.07) is 7.99. The lowest BCUT2D eigenvalue weighted by molar-refractivity contribution is -0.215. The highest BCUT2D eigenvalue weighted by Gasteiger charge is 2.69. The molecule has 0 unspecified atom stereocenters. The predicted octanol–water partition coefficient (Wildman–Crippen LogP) is 6.71. The molecule has 2 aromatic heterocycles. The number of carbonyl (C=O) groups is 1. The van der Waals surface area contributed by atoms with E-state index in [1.165, 1.54) is 12.8 Å². The van der Waals surface area contributed by atoms with Gasteiger partial charge in [-0.15, -0.1) is 0 Å². The summed E-state index contributed by atoms with van der Waals surface area (Å²) in [5.74, 6) is 3.53. The number of anilines is 1. The average Bonchev–Trinajstić information content (AvgIpc) is 3.71. The van der Waals surface area contributed by atoms with E-state index in [0.29, 0.717) is 56.3 Å². The summed E-state index contributed by atoms with van der Waals surface area (Å²) >= 11 is 0. The molecule has 220 valence electrons. The summed E-state index contributed by atoms with van der Waals surface area (Å²) in [6.45, 7) is 3.15. The van der Waals surface area contributed by atoms with Gasteiger partial charge in [-0.25, -0.2) is 14.4 Å². The first-order chi connectivity index (χ1) is 20.3. The minimum absolute atomic E-state index is 0.0249. The minimum atomic E-state index is -1.01. The fraction of sp³-hybridized carbons (Fsp3) is 0.606. The average molecular weight is 572 g/mol. The maximum Gasteiger partial charge on any atom is 0.232 e. The summed E-state index contributed by atoms with van der Waals surface area (Å²) in [5, 5.41) is 4.31. The Bertz CT molecular complexity index is 1470. The Morgan fingerprint density at radius 1 is 1.05 bits per heavy atom. The van der Waals surface area contributed by atoms with Crippen molar-refractivity contribution in [2.45, 2.75) is 101 Å². The maximum absolute atomic E-state index is 14.4. The van der Waals surface area contributed by atoms with Crippen LogP contribution in [-0.4, -0.2) is 44.8 Å². The molecule has 0 saturated heterocycles. The fourth-order valence-corrected chi connectivity index (χ4v) is 8.42. The first-order valence-corrected chi connectivity index (χ1v) is 15.7. The van der Waals surface area contributed by atoms with E-state index in [4.69, 9.17) is 14.2 Å². The molecule has 0 N–H and O–H groups in total. The van der Waals surface area contributed by atoms with Crippen LogP contribution in [0.15, 0.2) is 41.2 Å². The van der Waals surface area contributed by atoms with Crippen molar-refractivity contribution in [1.29, 1.82) is 0 Å². The largest absolute Gasteiger partial charge is 0.491 e. The monoisotopic (exact) mass is 571 g/mol. The van der Waals surface area contributed by atoms with Crippen molar-refractivity contribution < 1.29 is 18.4 Å². The third-order valence-corrected chi connectivity index (χ3v) is 11.0. The van der Waals surface area contributed by atoms with Crippen LogP contribution in [0.4, 0.5) is 10.1 Å². The first-order valence-electron chi connectivity index (χ1n) is 15.7. The molecule has 4 bridgehead atoms. The number of ether oxygens (including phenoxy) is 1. The van der Waals surface area contributed by atoms with E-state index >= 15 is 0 Å². The number of carbonyl (C=O) groups excluding carboxylic acids is 1. The van der Waals surface area contributed by atoms with Gasteiger partial charge in [-0.2, -0.15) is 4.98 Å². The number of rotatable bonds is 10. The van der Waals surface area contributed by atoms with Crippen molar-refractivity contribution in [1.82, 2.24) is 20.1 Å². The zero-order valence-corrected chi connectivity index (χ0v) is 24.3. The maximum atomic E-state index is 14.4. The molecular weight excluding hydrogens is 533 g/mol. The van der Waals surface area contributed by atoms with Crippen molar-refractivity contribution in [3.05, 3.63) is 48.4 Å². The van der Waals surface area contributed by atoms with Crippen LogP contribution in [0.5, 0.6) is 5.75 Å². The van der Waals surface area contributed by atoms with E-state index in [2.05, 4.69) is 15.1 Å². The normalized spacial score (nSPS) is 32.6. The highest BCUT2D eigenvalue weighted by Crippen LogP contribution is 2.71. The summed E-state index contributed by atoms with van der Waals surface area (Å²) < 4.78 is 25.7. The van der Waals surface area contributed by atoms with Gasteiger partial charge in [0.1, 0.15) is 5.67 Å². The molecule has 7 aliphatic rings. The second kappa shape index (κ2) is 9.32. The molecule has 10 rings (SSSR count). The lowest BCUT2D eigenvalue weighted by atomic mass is 9.41. The molecule has 1 aromatic carbocycles. The molecule has 1 amide bonds. The number of benzene rings is 1. The Labute approximate surface area is 245 Å². The Morgan fingerprint density at radius 3 is 2.40 bits per heavy atom. The second-order valence-corrected chi connectivity index (χ2v) is 14.1. The van der Waals surface area contributed by atoms with Crippen molar-refractivity contribution in [2.75, 3.05) is 18.1 Å². The van der Waals surface area contributed by atoms with Crippen LogP contribution in [0.3, 0.4) is 0 Å². The molecule has 7 saturated carbocycles. The number of alkyl halides is 1. The highest BCUT2D eigenvalue weighted by molar-refractivity contribution is 5.94. The molecule has 0 atom stereocenters. The molecule has 8 nitrogen and oxygen atoms in total. The number of fused-ring (bicyclic) bond motifs is 3. The molecule has 3 aromatic rings. The molecule has 7 fully saturated rings. The van der Waals surface area contributed by atoms with Crippen LogP contribution in [0.2, 0.25) is 0 Å². The van der Waals surface area contributed by atoms with E-state index in [-0.39, 0.29) is 22.2 Å². The molecule has 0 aliphatic heterocycles. The van der Waals surface area contributed by atoms with E-state index in [0.717, 1.165) is 61.5 Å². The van der Waals surface area contributed by atoms with E-state index < -0.39 is 5.67 Å². The van der Waals surface area contributed by atoms with Gasteiger partial charge in [0.25, 0.3) is 0 Å². The third-order valence-electron chi connectivity index (χ3n) is 11.0. The zero-order valence-electron chi connectivity index (χ0n) is 24.3. The lowest BCUT2D eigenvalue weighted by Crippen LogP contribution is -2.65. The molecule has 9 heteroatoms. The molecule has 2 heterocycles. The van der Waals surface area contributed by atoms with Gasteiger partial charge >= 0.3 is 0 Å². The topological polar surface area (TPSA) is 94.2 Å². The first kappa shape index (κ1) is 26.3. The summed E-state index contributed by atoms with van der Waals surface area (Å²) in [4.78, 5) is 29.9. The van der Waals surface area contributed by atoms with Gasteiger partial charge in [0.15, 0.2) is 17.4 Å². The number of hydrogen-bond donors (Lipinski definition) is 0. The number of nitrogens with zero attached hydrogens (tertiary/aromatic N) is 5. The lowest BCUT2D eigenvalue weighted by Gasteiger charge is -2.66. The van der Waals surface area contributed by atoms with Gasteiger partial charge in [0, 0.05) is 35.5 Å². The summed E-state index contributed by atoms with van der Waals surface area (Å²) in [5.41, 5.74) is 0.571. The van der Waals surface area contributed by atoms with Crippen LogP contribution in [0, 0.1) is 10.8 Å². The van der Waals surface area contributed by atoms with E-state index in [1.54, 1.807) is 12.4 Å². The second-order valence-electron chi connectivity index (χ2n) is 14.1. The Morgan fingerprint density at radius 2 is 1.76 bits per heavy atom. The number of amides is 1. The Balaban J connectivity index is 1.04. The molecule has 7 aliphatic carbocycles. The molecule has 0 spiro atoms. The van der Waals surface area contributed by atoms with Crippen molar-refractivity contribution in [3.8, 4) is 17.1 Å². The summed E-state index contributed by atoms with van der Waals surface area (Å²) in [7, 11) is 0. The zero-order chi connectivity index (χ0) is 28.6. The van der Waals surface area contributed by atoms with Crippen LogP contribution in [-0.2, 0) is 10.2 Å². The Kier molecular flexibility index (Phi) is 5.83. The number of hydrogen-bond acceptors (Lipinski definition) is 7. The highest BCUT2D eigenvalue weighted by atomic mass is 19.1. The Hall–Kier alpha value is -3.36. The number of aromatic nitrogens is 4. The summed E-state index contributed by atoms with van der Waals surface area (Å²) in [6.07, 6.45) is 13.8. The van der Waals surface area contributed by atoms with Gasteiger partial charge in [-0.3, -0.25) is 4.79 Å². The third kappa shape index (κ3) is 4.42. The molecule has 0 radical (unpaired) electrons. The molecule has 42 heavy (non-hydrogen) atoms. The van der Waals surface area contributed by atoms with Gasteiger partial charge in [0.05, 0.1) is 19.0 Å². The number of halogens is 1. The van der Waals surface area contributed by atoms with Crippen molar-refractivity contribution >= 4 is 11.6 Å². The van der Waals surface area contributed by atoms with Gasteiger partial charge in [-0.05, 0) is 101 Å². The van der Waals surface area contributed by atoms with Gasteiger partial charge in [-0.1, -0.05) is 17.3 Å². The standard InChI is InChI=1S/C33H38FN5O3/c1-2-41-25-16-35-27(36-17-25)23-4-3-5-24(14-23)39(26(40)15-31-18-33(34,19-31)20-31)21-30-8-11-32(12-9-30,13-10-30)29-37-28(38-42-29)22-6-7-22/h3-5,14,16-17,22H,2,6-13,15,18-21H2,1H3. The fourth-order valence-electron chi connectivity index (χ4n) is 8.42. The van der Waals surface area contributed by atoms with Crippen LogP contribution in [0.1, 0.15) is 102 Å². The SMILES string of the molecule is CCOc1cnc(-c2cccc(N(CC34CCC(c5nc(C6CC6)no5)(CC3)CC4)C(=O)CC34CC(F)(C3)C4)c2)nc1. The van der Waals surface area contributed by atoms with Crippen LogP contribution in [0.25, 0.3) is 11.4 Å². The van der Waals surface area contributed by atoms with Gasteiger partial charge in [0.2, 0.25) is 11.8 Å².